The first-order valence-corrected chi connectivity index (χ1v) is 10.9. The minimum Gasteiger partial charge on any atom is -0.477 e. The van der Waals surface area contributed by atoms with Crippen molar-refractivity contribution in [2.24, 2.45) is 0 Å². The standard InChI is InChI=1S/C21H21ClN4O4S/c1-3-25-19(30-12(2)14-6-4-5-7-15(14)22)18(21(28)29)31-20(25)16-8-24-17-9-23-13(11-27)10-26(16)17/h4-10,12,20,27H,3,11H2,1-2H3,(H,28,29)/t12-,20?/m1/s1. The highest BCUT2D eigenvalue weighted by Crippen LogP contribution is 2.49. The molecule has 0 radical (unpaired) electrons. The van der Waals surface area contributed by atoms with Gasteiger partial charge in [0.2, 0.25) is 5.88 Å². The van der Waals surface area contributed by atoms with E-state index in [0.717, 1.165) is 11.3 Å². The van der Waals surface area contributed by atoms with Gasteiger partial charge in [0.15, 0.2) is 10.6 Å². The Morgan fingerprint density at radius 3 is 2.77 bits per heavy atom. The van der Waals surface area contributed by atoms with Gasteiger partial charge < -0.3 is 19.8 Å². The molecule has 162 valence electrons. The number of thioether (sulfide) groups is 1. The number of carboxylic acids is 1. The van der Waals surface area contributed by atoms with Crippen molar-refractivity contribution in [1.29, 1.82) is 0 Å². The van der Waals surface area contributed by atoms with Gasteiger partial charge in [-0.3, -0.25) is 9.38 Å². The molecular weight excluding hydrogens is 440 g/mol. The summed E-state index contributed by atoms with van der Waals surface area (Å²) in [5, 5.41) is 19.5. The van der Waals surface area contributed by atoms with E-state index in [1.807, 2.05) is 41.3 Å². The molecule has 1 aliphatic rings. The number of ether oxygens (including phenoxy) is 1. The molecule has 3 heterocycles. The highest BCUT2D eigenvalue weighted by atomic mass is 35.5. The molecule has 31 heavy (non-hydrogen) atoms. The van der Waals surface area contributed by atoms with Gasteiger partial charge in [-0.2, -0.15) is 0 Å². The minimum absolute atomic E-state index is 0.122. The number of aromatic nitrogens is 3. The molecule has 3 aromatic rings. The molecule has 0 bridgehead atoms. The lowest BCUT2D eigenvalue weighted by atomic mass is 10.1. The molecule has 0 fully saturated rings. The topological polar surface area (TPSA) is 100 Å². The molecule has 0 saturated heterocycles. The van der Waals surface area contributed by atoms with Crippen LogP contribution in [0, 0.1) is 0 Å². The Hall–Kier alpha value is -2.75. The van der Waals surface area contributed by atoms with Gasteiger partial charge in [-0.1, -0.05) is 41.6 Å². The largest absolute Gasteiger partial charge is 0.477 e. The van der Waals surface area contributed by atoms with Gasteiger partial charge in [-0.25, -0.2) is 9.78 Å². The number of fused-ring (bicyclic) bond motifs is 1. The minimum atomic E-state index is -1.06. The van der Waals surface area contributed by atoms with Crippen LogP contribution < -0.4 is 0 Å². The second kappa shape index (κ2) is 8.78. The SMILES string of the molecule is CCN1C(O[C@H](C)c2ccccc2Cl)=C(C(=O)O)SC1c1cnc2cnc(CO)cn12. The maximum absolute atomic E-state index is 12.1. The molecule has 0 aliphatic carbocycles. The van der Waals surface area contributed by atoms with Crippen LogP contribution in [0.15, 0.2) is 53.6 Å². The third-order valence-electron chi connectivity index (χ3n) is 5.03. The average molecular weight is 461 g/mol. The quantitative estimate of drug-likeness (QED) is 0.546. The van der Waals surface area contributed by atoms with E-state index in [1.54, 1.807) is 24.7 Å². The van der Waals surface area contributed by atoms with Gasteiger partial charge in [0.05, 0.1) is 30.4 Å². The number of aliphatic hydroxyl groups excluding tert-OH is 1. The van der Waals surface area contributed by atoms with E-state index in [2.05, 4.69) is 9.97 Å². The average Bonchev–Trinajstić information content (AvgIpc) is 3.34. The van der Waals surface area contributed by atoms with Gasteiger partial charge in [0.25, 0.3) is 0 Å². The Morgan fingerprint density at radius 1 is 1.32 bits per heavy atom. The van der Waals surface area contributed by atoms with Crippen molar-refractivity contribution in [3.8, 4) is 0 Å². The van der Waals surface area contributed by atoms with Gasteiger partial charge in [0.1, 0.15) is 11.5 Å². The fourth-order valence-corrected chi connectivity index (χ4v) is 5.05. The summed E-state index contributed by atoms with van der Waals surface area (Å²) in [5.74, 6) is -0.761. The van der Waals surface area contributed by atoms with Crippen molar-refractivity contribution >= 4 is 35.0 Å². The number of hydrogen-bond acceptors (Lipinski definition) is 7. The van der Waals surface area contributed by atoms with Gasteiger partial charge in [0, 0.05) is 23.3 Å². The van der Waals surface area contributed by atoms with Crippen LogP contribution in [0.5, 0.6) is 0 Å². The number of hydrogen-bond donors (Lipinski definition) is 2. The molecule has 2 aromatic heterocycles. The molecule has 0 spiro atoms. The van der Waals surface area contributed by atoms with Crippen LogP contribution in [0.2, 0.25) is 5.02 Å². The van der Waals surface area contributed by atoms with Crippen LogP contribution in [0.1, 0.15) is 42.3 Å². The highest BCUT2D eigenvalue weighted by molar-refractivity contribution is 8.04. The highest BCUT2D eigenvalue weighted by Gasteiger charge is 2.40. The molecule has 8 nitrogen and oxygen atoms in total. The zero-order chi connectivity index (χ0) is 22.1. The maximum atomic E-state index is 12.1. The molecule has 4 rings (SSSR count). The third kappa shape index (κ3) is 3.96. The first-order chi connectivity index (χ1) is 14.9. The molecule has 1 aromatic carbocycles. The lowest BCUT2D eigenvalue weighted by Crippen LogP contribution is -2.25. The smallest absolute Gasteiger partial charge is 0.347 e. The molecular formula is C21H21ClN4O4S. The monoisotopic (exact) mass is 460 g/mol. The van der Waals surface area contributed by atoms with Crippen LogP contribution in [0.4, 0.5) is 0 Å². The molecule has 10 heteroatoms. The van der Waals surface area contributed by atoms with Crippen LogP contribution in [0.3, 0.4) is 0 Å². The fraction of sp³-hybridized carbons (Fsp3) is 0.286. The van der Waals surface area contributed by atoms with Crippen molar-refractivity contribution in [2.45, 2.75) is 31.9 Å². The predicted octanol–water partition coefficient (Wildman–Crippen LogP) is 3.97. The van der Waals surface area contributed by atoms with E-state index < -0.39 is 12.1 Å². The molecule has 1 aliphatic heterocycles. The summed E-state index contributed by atoms with van der Waals surface area (Å²) >= 11 is 7.50. The van der Waals surface area contributed by atoms with E-state index in [9.17, 15) is 15.0 Å². The molecule has 0 saturated carbocycles. The number of rotatable bonds is 7. The van der Waals surface area contributed by atoms with E-state index in [1.165, 1.54) is 11.8 Å². The van der Waals surface area contributed by atoms with Crippen molar-refractivity contribution in [3.05, 3.63) is 75.6 Å². The van der Waals surface area contributed by atoms with Crippen LogP contribution >= 0.6 is 23.4 Å². The van der Waals surface area contributed by atoms with E-state index in [0.29, 0.717) is 28.8 Å². The van der Waals surface area contributed by atoms with Crippen molar-refractivity contribution in [2.75, 3.05) is 6.54 Å². The Kier molecular flexibility index (Phi) is 6.08. The second-order valence-electron chi connectivity index (χ2n) is 6.93. The van der Waals surface area contributed by atoms with Crippen LogP contribution in [0.25, 0.3) is 5.65 Å². The van der Waals surface area contributed by atoms with E-state index in [4.69, 9.17) is 16.3 Å². The second-order valence-corrected chi connectivity index (χ2v) is 8.42. The van der Waals surface area contributed by atoms with E-state index in [-0.39, 0.29) is 16.9 Å². The zero-order valence-electron chi connectivity index (χ0n) is 16.9. The molecule has 1 unspecified atom stereocenters. The number of carbonyl (C=O) groups is 1. The Bertz CT molecular complexity index is 1170. The molecule has 2 atom stereocenters. The Morgan fingerprint density at radius 2 is 2.10 bits per heavy atom. The van der Waals surface area contributed by atoms with Gasteiger partial charge >= 0.3 is 5.97 Å². The Balaban J connectivity index is 1.71. The Labute approximate surface area is 188 Å². The fourth-order valence-electron chi connectivity index (χ4n) is 3.50. The van der Waals surface area contributed by atoms with Crippen molar-refractivity contribution < 1.29 is 19.7 Å². The van der Waals surface area contributed by atoms with Crippen molar-refractivity contribution in [1.82, 2.24) is 19.3 Å². The third-order valence-corrected chi connectivity index (χ3v) is 6.68. The van der Waals surface area contributed by atoms with Gasteiger partial charge in [-0.15, -0.1) is 0 Å². The lowest BCUT2D eigenvalue weighted by Gasteiger charge is -2.28. The number of aliphatic hydroxyl groups is 1. The van der Waals surface area contributed by atoms with E-state index >= 15 is 0 Å². The number of carboxylic acid groups (broad SMARTS) is 1. The summed E-state index contributed by atoms with van der Waals surface area (Å²) < 4.78 is 8.00. The number of imidazole rings is 1. The zero-order valence-corrected chi connectivity index (χ0v) is 18.5. The lowest BCUT2D eigenvalue weighted by molar-refractivity contribution is -0.132. The summed E-state index contributed by atoms with van der Waals surface area (Å²) in [4.78, 5) is 22.6. The number of aliphatic carboxylic acids is 1. The van der Waals surface area contributed by atoms with Crippen molar-refractivity contribution in [3.63, 3.8) is 0 Å². The predicted molar refractivity (Wildman–Crippen MR) is 117 cm³/mol. The maximum Gasteiger partial charge on any atom is 0.347 e. The molecule has 0 amide bonds. The number of halogens is 1. The summed E-state index contributed by atoms with van der Waals surface area (Å²) in [7, 11) is 0. The first kappa shape index (κ1) is 21.5. The molecule has 2 N–H and O–H groups in total. The first-order valence-electron chi connectivity index (χ1n) is 9.69. The summed E-state index contributed by atoms with van der Waals surface area (Å²) in [6.45, 7) is 4.09. The summed E-state index contributed by atoms with van der Waals surface area (Å²) in [6.07, 6.45) is 4.53. The normalized spacial score (nSPS) is 17.4. The summed E-state index contributed by atoms with van der Waals surface area (Å²) in [5.41, 5.74) is 2.65. The van der Waals surface area contributed by atoms with Gasteiger partial charge in [-0.05, 0) is 19.9 Å². The number of nitrogens with zero attached hydrogens (tertiary/aromatic N) is 4. The number of benzene rings is 1. The van der Waals surface area contributed by atoms with Crippen LogP contribution in [-0.4, -0.2) is 42.0 Å². The van der Waals surface area contributed by atoms with Crippen LogP contribution in [-0.2, 0) is 16.1 Å². The summed E-state index contributed by atoms with van der Waals surface area (Å²) in [6, 6.07) is 7.33.